The molecule has 0 unspecified atom stereocenters. The summed E-state index contributed by atoms with van der Waals surface area (Å²) in [6, 6.07) is 16.3. The third kappa shape index (κ3) is 4.51. The first-order valence-corrected chi connectivity index (χ1v) is 11.9. The van der Waals surface area contributed by atoms with Crippen molar-refractivity contribution in [1.82, 2.24) is 9.88 Å². The van der Waals surface area contributed by atoms with Gasteiger partial charge in [-0.2, -0.15) is 0 Å². The summed E-state index contributed by atoms with van der Waals surface area (Å²) in [5.41, 5.74) is 4.55. The predicted molar refractivity (Wildman–Crippen MR) is 127 cm³/mol. The number of aromatic nitrogens is 1. The van der Waals surface area contributed by atoms with Crippen LogP contribution in [0.15, 0.2) is 54.7 Å². The highest BCUT2D eigenvalue weighted by Crippen LogP contribution is 2.44. The van der Waals surface area contributed by atoms with E-state index in [0.29, 0.717) is 4.88 Å². The zero-order chi connectivity index (χ0) is 23.7. The predicted octanol–water partition coefficient (Wildman–Crippen LogP) is 4.58. The van der Waals surface area contributed by atoms with E-state index in [1.54, 1.807) is 4.90 Å². The monoisotopic (exact) mass is 477 g/mol. The molecule has 1 aromatic heterocycles. The number of amides is 2. The molecule has 0 radical (unpaired) electrons. The van der Waals surface area contributed by atoms with Crippen LogP contribution < -0.4 is 5.32 Å². The Bertz CT molecular complexity index is 1210. The minimum atomic E-state index is -0.944. The van der Waals surface area contributed by atoms with Crippen molar-refractivity contribution in [2.75, 3.05) is 18.5 Å². The first-order valence-electron chi connectivity index (χ1n) is 11.1. The topological polar surface area (TPSA) is 109 Å². The largest absolute Gasteiger partial charge is 0.481 e. The lowest BCUT2D eigenvalue weighted by atomic mass is 9.98. The minimum absolute atomic E-state index is 0.0482. The molecule has 1 fully saturated rings. The summed E-state index contributed by atoms with van der Waals surface area (Å²) >= 11 is 1.05. The van der Waals surface area contributed by atoms with Gasteiger partial charge in [-0.05, 0) is 35.1 Å². The van der Waals surface area contributed by atoms with Crippen LogP contribution in [0.4, 0.5) is 9.93 Å². The Morgan fingerprint density at radius 1 is 1.06 bits per heavy atom. The van der Waals surface area contributed by atoms with Crippen molar-refractivity contribution < 1.29 is 24.2 Å². The van der Waals surface area contributed by atoms with Crippen molar-refractivity contribution in [3.8, 4) is 11.1 Å². The zero-order valence-corrected chi connectivity index (χ0v) is 19.1. The van der Waals surface area contributed by atoms with Gasteiger partial charge in [0.05, 0.1) is 12.6 Å². The number of benzene rings is 2. The van der Waals surface area contributed by atoms with E-state index in [0.717, 1.165) is 46.4 Å². The molecule has 2 aliphatic carbocycles. The molecular weight excluding hydrogens is 454 g/mol. The molecule has 3 aromatic rings. The lowest BCUT2D eigenvalue weighted by molar-refractivity contribution is -0.137. The summed E-state index contributed by atoms with van der Waals surface area (Å²) in [6.07, 6.45) is 2.40. The molecular formula is C25H23N3O5S. The normalized spacial score (nSPS) is 14.2. The van der Waals surface area contributed by atoms with Gasteiger partial charge in [-0.25, -0.2) is 9.78 Å². The quantitative estimate of drug-likeness (QED) is 0.491. The van der Waals surface area contributed by atoms with Gasteiger partial charge in [0, 0.05) is 18.5 Å². The van der Waals surface area contributed by atoms with Gasteiger partial charge in [0.1, 0.15) is 11.5 Å². The van der Waals surface area contributed by atoms with Gasteiger partial charge in [-0.1, -0.05) is 59.9 Å². The second-order valence-corrected chi connectivity index (χ2v) is 9.38. The summed E-state index contributed by atoms with van der Waals surface area (Å²) < 4.78 is 5.53. The summed E-state index contributed by atoms with van der Waals surface area (Å²) in [7, 11) is 0. The van der Waals surface area contributed by atoms with E-state index in [-0.39, 0.29) is 42.6 Å². The fourth-order valence-electron chi connectivity index (χ4n) is 4.35. The number of carboxylic acid groups (broad SMARTS) is 1. The van der Waals surface area contributed by atoms with Gasteiger partial charge < -0.3 is 14.7 Å². The van der Waals surface area contributed by atoms with Crippen LogP contribution in [0.3, 0.4) is 0 Å². The van der Waals surface area contributed by atoms with Crippen LogP contribution in [0.1, 0.15) is 46.0 Å². The number of rotatable bonds is 8. The Morgan fingerprint density at radius 3 is 2.32 bits per heavy atom. The van der Waals surface area contributed by atoms with E-state index in [1.165, 1.54) is 6.20 Å². The molecule has 2 amide bonds. The molecule has 0 saturated heterocycles. The first-order chi connectivity index (χ1) is 16.5. The first kappa shape index (κ1) is 22.1. The Labute approximate surface area is 200 Å². The maximum absolute atomic E-state index is 12.8. The van der Waals surface area contributed by atoms with Crippen LogP contribution >= 0.6 is 11.3 Å². The molecule has 0 spiro atoms. The summed E-state index contributed by atoms with van der Waals surface area (Å²) in [6.45, 7) is 0.341. The number of fused-ring (bicyclic) bond motifs is 3. The molecule has 8 nitrogen and oxygen atoms in total. The standard InChI is InChI=1S/C25H23N3O5S/c29-22(30)11-12-28(15-9-10-15)23(31)21-13-26-24(34-21)27-25(32)33-14-20-18-7-3-1-5-16(18)17-6-2-4-8-19(17)20/h1-8,13,15,20H,9-12,14H2,(H,29,30)(H,26,27,32). The van der Waals surface area contributed by atoms with Crippen LogP contribution in [0.5, 0.6) is 0 Å². The minimum Gasteiger partial charge on any atom is -0.481 e. The van der Waals surface area contributed by atoms with Crippen molar-refractivity contribution in [2.24, 2.45) is 0 Å². The molecule has 1 saturated carbocycles. The van der Waals surface area contributed by atoms with Gasteiger partial charge in [0.25, 0.3) is 5.91 Å². The number of nitrogens with one attached hydrogen (secondary N) is 1. The lowest BCUT2D eigenvalue weighted by Gasteiger charge is -2.20. The number of anilines is 1. The number of hydrogen-bond acceptors (Lipinski definition) is 6. The number of carboxylic acids is 1. The van der Waals surface area contributed by atoms with Gasteiger partial charge in [-0.3, -0.25) is 14.9 Å². The molecule has 0 atom stereocenters. The van der Waals surface area contributed by atoms with E-state index in [4.69, 9.17) is 9.84 Å². The highest BCUT2D eigenvalue weighted by molar-refractivity contribution is 7.17. The van der Waals surface area contributed by atoms with Gasteiger partial charge >= 0.3 is 12.1 Å². The Hall–Kier alpha value is -3.72. The number of carbonyl (C=O) groups excluding carboxylic acids is 2. The summed E-state index contributed by atoms with van der Waals surface area (Å²) in [5.74, 6) is -1.25. The second kappa shape index (κ2) is 9.26. The Balaban J connectivity index is 1.21. The molecule has 5 rings (SSSR count). The molecule has 34 heavy (non-hydrogen) atoms. The van der Waals surface area contributed by atoms with Crippen LogP contribution in [0.2, 0.25) is 0 Å². The Morgan fingerprint density at radius 2 is 1.71 bits per heavy atom. The third-order valence-corrected chi connectivity index (χ3v) is 6.98. The maximum atomic E-state index is 12.8. The van der Waals surface area contributed by atoms with E-state index >= 15 is 0 Å². The van der Waals surface area contributed by atoms with Crippen molar-refractivity contribution in [3.63, 3.8) is 0 Å². The van der Waals surface area contributed by atoms with Gasteiger partial charge in [0.15, 0.2) is 5.13 Å². The van der Waals surface area contributed by atoms with E-state index < -0.39 is 12.1 Å². The van der Waals surface area contributed by atoms with Crippen molar-refractivity contribution in [1.29, 1.82) is 0 Å². The number of nitrogens with zero attached hydrogens (tertiary/aromatic N) is 2. The molecule has 0 bridgehead atoms. The molecule has 1 heterocycles. The molecule has 2 aromatic carbocycles. The maximum Gasteiger partial charge on any atom is 0.413 e. The molecule has 0 aliphatic heterocycles. The molecule has 174 valence electrons. The van der Waals surface area contributed by atoms with Crippen LogP contribution in [-0.4, -0.2) is 52.2 Å². The SMILES string of the molecule is O=C(O)CCN(C(=O)c1cnc(NC(=O)OCC2c3ccccc3-c3ccccc32)s1)C1CC1. The fraction of sp³-hybridized carbons (Fsp3) is 0.280. The van der Waals surface area contributed by atoms with Crippen molar-refractivity contribution in [2.45, 2.75) is 31.2 Å². The highest BCUT2D eigenvalue weighted by Gasteiger charge is 2.34. The van der Waals surface area contributed by atoms with E-state index in [2.05, 4.69) is 34.6 Å². The van der Waals surface area contributed by atoms with Crippen molar-refractivity contribution in [3.05, 3.63) is 70.7 Å². The van der Waals surface area contributed by atoms with Crippen LogP contribution in [0.25, 0.3) is 11.1 Å². The number of aliphatic carboxylic acids is 1. The van der Waals surface area contributed by atoms with Crippen LogP contribution in [-0.2, 0) is 9.53 Å². The highest BCUT2D eigenvalue weighted by atomic mass is 32.1. The fourth-order valence-corrected chi connectivity index (χ4v) is 5.10. The summed E-state index contributed by atoms with van der Waals surface area (Å²) in [5, 5.41) is 11.8. The lowest BCUT2D eigenvalue weighted by Crippen LogP contribution is -2.34. The molecule has 2 N–H and O–H groups in total. The molecule has 9 heteroatoms. The molecule has 2 aliphatic rings. The number of carbonyl (C=O) groups is 3. The van der Waals surface area contributed by atoms with Gasteiger partial charge in [-0.15, -0.1) is 0 Å². The number of thiazole rings is 1. The summed E-state index contributed by atoms with van der Waals surface area (Å²) in [4.78, 5) is 42.3. The van der Waals surface area contributed by atoms with Crippen molar-refractivity contribution >= 4 is 34.4 Å². The van der Waals surface area contributed by atoms with E-state index in [9.17, 15) is 14.4 Å². The third-order valence-electron chi connectivity index (χ3n) is 6.08. The van der Waals surface area contributed by atoms with E-state index in [1.807, 2.05) is 24.3 Å². The Kier molecular flexibility index (Phi) is 6.02. The van der Waals surface area contributed by atoms with Gasteiger partial charge in [0.2, 0.25) is 0 Å². The average molecular weight is 478 g/mol. The average Bonchev–Trinajstić information content (AvgIpc) is 3.47. The number of hydrogen-bond donors (Lipinski definition) is 2. The smallest absolute Gasteiger partial charge is 0.413 e. The van der Waals surface area contributed by atoms with Crippen LogP contribution in [0, 0.1) is 0 Å². The number of ether oxygens (including phenoxy) is 1. The zero-order valence-electron chi connectivity index (χ0n) is 18.3. The second-order valence-electron chi connectivity index (χ2n) is 8.35.